The van der Waals surface area contributed by atoms with Gasteiger partial charge in [0, 0.05) is 0 Å². The molecule has 0 bridgehead atoms. The predicted molar refractivity (Wildman–Crippen MR) is 74.6 cm³/mol. The number of rotatable bonds is 5. The SMILES string of the molecule is Cc1ccc(O)c(C(C)(C)CCCC(C)C)c1. The Hall–Kier alpha value is -0.980. The molecule has 0 aliphatic carbocycles. The molecule has 1 rings (SSSR count). The molecule has 0 aliphatic heterocycles. The van der Waals surface area contributed by atoms with E-state index in [-0.39, 0.29) is 5.41 Å². The lowest BCUT2D eigenvalue weighted by Gasteiger charge is -2.27. The van der Waals surface area contributed by atoms with Crippen molar-refractivity contribution in [2.75, 3.05) is 0 Å². The molecule has 0 heterocycles. The number of phenolic OH excluding ortho intramolecular Hbond substituents is 1. The lowest BCUT2D eigenvalue weighted by Crippen LogP contribution is -2.17. The molecule has 0 amide bonds. The highest BCUT2D eigenvalue weighted by Gasteiger charge is 2.23. The van der Waals surface area contributed by atoms with Gasteiger partial charge in [-0.05, 0) is 36.3 Å². The fourth-order valence-corrected chi connectivity index (χ4v) is 2.28. The summed E-state index contributed by atoms with van der Waals surface area (Å²) in [6, 6.07) is 5.89. The van der Waals surface area contributed by atoms with Crippen molar-refractivity contribution in [1.82, 2.24) is 0 Å². The van der Waals surface area contributed by atoms with Crippen LogP contribution in [0.25, 0.3) is 0 Å². The lowest BCUT2D eigenvalue weighted by atomic mass is 9.78. The van der Waals surface area contributed by atoms with Crippen LogP contribution in [0.4, 0.5) is 0 Å². The van der Waals surface area contributed by atoms with E-state index in [4.69, 9.17) is 0 Å². The van der Waals surface area contributed by atoms with Crippen molar-refractivity contribution in [3.63, 3.8) is 0 Å². The number of phenols is 1. The third kappa shape index (κ3) is 4.07. The van der Waals surface area contributed by atoms with Crippen LogP contribution < -0.4 is 0 Å². The quantitative estimate of drug-likeness (QED) is 0.775. The molecule has 0 saturated carbocycles. The molecular formula is C16H26O. The van der Waals surface area contributed by atoms with Crippen LogP contribution in [0.15, 0.2) is 18.2 Å². The maximum absolute atomic E-state index is 9.98. The highest BCUT2D eigenvalue weighted by atomic mass is 16.3. The molecule has 1 nitrogen and oxygen atoms in total. The van der Waals surface area contributed by atoms with Crippen LogP contribution in [-0.4, -0.2) is 5.11 Å². The summed E-state index contributed by atoms with van der Waals surface area (Å²) in [5, 5.41) is 9.98. The van der Waals surface area contributed by atoms with Gasteiger partial charge in [0.25, 0.3) is 0 Å². The minimum Gasteiger partial charge on any atom is -0.508 e. The van der Waals surface area contributed by atoms with Gasteiger partial charge in [0.05, 0.1) is 0 Å². The molecule has 0 aromatic heterocycles. The van der Waals surface area contributed by atoms with Gasteiger partial charge in [-0.1, -0.05) is 58.2 Å². The number of hydrogen-bond acceptors (Lipinski definition) is 1. The number of aryl methyl sites for hydroxylation is 1. The van der Waals surface area contributed by atoms with E-state index in [2.05, 4.69) is 40.7 Å². The third-order valence-electron chi connectivity index (χ3n) is 3.46. The van der Waals surface area contributed by atoms with Crippen molar-refractivity contribution in [3.8, 4) is 5.75 Å². The van der Waals surface area contributed by atoms with E-state index in [0.29, 0.717) is 5.75 Å². The van der Waals surface area contributed by atoms with Crippen LogP contribution in [0.3, 0.4) is 0 Å². The highest BCUT2D eigenvalue weighted by molar-refractivity contribution is 5.40. The maximum atomic E-state index is 9.98. The molecule has 0 spiro atoms. The Morgan fingerprint density at radius 1 is 1.24 bits per heavy atom. The Kier molecular flexibility index (Phi) is 4.62. The van der Waals surface area contributed by atoms with E-state index in [9.17, 15) is 5.11 Å². The summed E-state index contributed by atoms with van der Waals surface area (Å²) in [5.41, 5.74) is 2.36. The third-order valence-corrected chi connectivity index (χ3v) is 3.46. The van der Waals surface area contributed by atoms with Crippen LogP contribution in [0.5, 0.6) is 5.75 Å². The second-order valence-electron chi connectivity index (χ2n) is 6.19. The predicted octanol–water partition coefficient (Wildman–Crippen LogP) is 4.80. The van der Waals surface area contributed by atoms with E-state index in [1.807, 2.05) is 12.1 Å². The van der Waals surface area contributed by atoms with Crippen LogP contribution in [0.2, 0.25) is 0 Å². The Morgan fingerprint density at radius 2 is 1.88 bits per heavy atom. The zero-order valence-electron chi connectivity index (χ0n) is 11.9. The molecule has 0 fully saturated rings. The van der Waals surface area contributed by atoms with E-state index in [0.717, 1.165) is 17.9 Å². The molecule has 0 atom stereocenters. The summed E-state index contributed by atoms with van der Waals surface area (Å²) in [6.07, 6.45) is 3.61. The monoisotopic (exact) mass is 234 g/mol. The van der Waals surface area contributed by atoms with Gasteiger partial charge in [-0.25, -0.2) is 0 Å². The normalized spacial score (nSPS) is 12.1. The van der Waals surface area contributed by atoms with Crippen LogP contribution in [0.1, 0.15) is 58.1 Å². The van der Waals surface area contributed by atoms with Gasteiger partial charge in [-0.2, -0.15) is 0 Å². The first-order chi connectivity index (χ1) is 7.83. The molecule has 0 radical (unpaired) electrons. The van der Waals surface area contributed by atoms with E-state index in [1.54, 1.807) is 0 Å². The zero-order valence-corrected chi connectivity index (χ0v) is 11.9. The first kappa shape index (κ1) is 14.1. The first-order valence-electron chi connectivity index (χ1n) is 6.63. The van der Waals surface area contributed by atoms with Gasteiger partial charge in [0.1, 0.15) is 5.75 Å². The summed E-state index contributed by atoms with van der Waals surface area (Å²) in [6.45, 7) is 11.0. The van der Waals surface area contributed by atoms with Gasteiger partial charge in [-0.3, -0.25) is 0 Å². The largest absolute Gasteiger partial charge is 0.508 e. The summed E-state index contributed by atoms with van der Waals surface area (Å²) in [4.78, 5) is 0. The van der Waals surface area contributed by atoms with Gasteiger partial charge in [0.2, 0.25) is 0 Å². The minimum absolute atomic E-state index is 0.0605. The van der Waals surface area contributed by atoms with Crippen molar-refractivity contribution < 1.29 is 5.11 Å². The second kappa shape index (κ2) is 5.57. The zero-order chi connectivity index (χ0) is 13.1. The molecule has 1 aromatic rings. The minimum atomic E-state index is 0.0605. The van der Waals surface area contributed by atoms with Crippen LogP contribution >= 0.6 is 0 Å². The lowest BCUT2D eigenvalue weighted by molar-refractivity contribution is 0.396. The summed E-state index contributed by atoms with van der Waals surface area (Å²) >= 11 is 0. The number of hydrogen-bond donors (Lipinski definition) is 1. The average molecular weight is 234 g/mol. The fraction of sp³-hybridized carbons (Fsp3) is 0.625. The molecule has 0 saturated heterocycles. The van der Waals surface area contributed by atoms with Gasteiger partial charge < -0.3 is 5.11 Å². The Morgan fingerprint density at radius 3 is 2.47 bits per heavy atom. The Labute approximate surface area is 106 Å². The van der Waals surface area contributed by atoms with Crippen LogP contribution in [0, 0.1) is 12.8 Å². The van der Waals surface area contributed by atoms with Crippen molar-refractivity contribution in [2.24, 2.45) is 5.92 Å². The fourth-order valence-electron chi connectivity index (χ4n) is 2.28. The maximum Gasteiger partial charge on any atom is 0.119 e. The molecule has 0 unspecified atom stereocenters. The Bertz CT molecular complexity index is 364. The van der Waals surface area contributed by atoms with Gasteiger partial charge >= 0.3 is 0 Å². The molecule has 17 heavy (non-hydrogen) atoms. The molecule has 1 aromatic carbocycles. The summed E-state index contributed by atoms with van der Waals surface area (Å²) < 4.78 is 0. The first-order valence-corrected chi connectivity index (χ1v) is 6.63. The molecular weight excluding hydrogens is 208 g/mol. The molecule has 1 heteroatoms. The van der Waals surface area contributed by atoms with Crippen molar-refractivity contribution in [3.05, 3.63) is 29.3 Å². The second-order valence-corrected chi connectivity index (χ2v) is 6.19. The number of aromatic hydroxyl groups is 1. The smallest absolute Gasteiger partial charge is 0.119 e. The summed E-state index contributed by atoms with van der Waals surface area (Å²) in [5.74, 6) is 1.20. The van der Waals surface area contributed by atoms with Gasteiger partial charge in [-0.15, -0.1) is 0 Å². The van der Waals surface area contributed by atoms with Crippen molar-refractivity contribution in [2.45, 2.75) is 59.3 Å². The van der Waals surface area contributed by atoms with E-state index < -0.39 is 0 Å². The average Bonchev–Trinajstić information content (AvgIpc) is 2.20. The van der Waals surface area contributed by atoms with Crippen LogP contribution in [-0.2, 0) is 5.41 Å². The topological polar surface area (TPSA) is 20.2 Å². The summed E-state index contributed by atoms with van der Waals surface area (Å²) in [7, 11) is 0. The highest BCUT2D eigenvalue weighted by Crippen LogP contribution is 2.35. The van der Waals surface area contributed by atoms with Gasteiger partial charge in [0.15, 0.2) is 0 Å². The molecule has 0 aliphatic rings. The molecule has 1 N–H and O–H groups in total. The Balaban J connectivity index is 2.77. The molecule has 96 valence electrons. The van der Waals surface area contributed by atoms with Crippen molar-refractivity contribution in [1.29, 1.82) is 0 Å². The van der Waals surface area contributed by atoms with E-state index in [1.165, 1.54) is 18.4 Å². The number of benzene rings is 1. The standard InChI is InChI=1S/C16H26O/c1-12(2)7-6-10-16(4,5)14-11-13(3)8-9-15(14)17/h8-9,11-12,17H,6-7,10H2,1-5H3. The van der Waals surface area contributed by atoms with E-state index >= 15 is 0 Å². The van der Waals surface area contributed by atoms with Crippen molar-refractivity contribution >= 4 is 0 Å².